The van der Waals surface area contributed by atoms with Crippen LogP contribution in [0.3, 0.4) is 0 Å². The monoisotopic (exact) mass is 332 g/mol. The molecule has 0 spiro atoms. The molecule has 23 heavy (non-hydrogen) atoms. The second-order valence-corrected chi connectivity index (χ2v) is 5.28. The number of hydrogen-bond donors (Lipinski definition) is 2. The molecule has 1 heterocycles. The average Bonchev–Trinajstić information content (AvgIpc) is 2.87. The Balaban J connectivity index is 1.81. The van der Waals surface area contributed by atoms with Gasteiger partial charge in [-0.1, -0.05) is 23.7 Å². The maximum Gasteiger partial charge on any atom is 0.326 e. The largest absolute Gasteiger partial charge is 0.326 e. The van der Waals surface area contributed by atoms with E-state index in [2.05, 4.69) is 15.6 Å². The molecule has 0 atom stereocenters. The molecule has 0 fully saturated rings. The van der Waals surface area contributed by atoms with Crippen LogP contribution in [0.2, 0.25) is 5.02 Å². The fourth-order valence-electron chi connectivity index (χ4n) is 2.33. The Morgan fingerprint density at radius 2 is 2.04 bits per heavy atom. The van der Waals surface area contributed by atoms with Crippen molar-refractivity contribution in [2.45, 2.75) is 13.5 Å². The molecule has 0 aliphatic rings. The Bertz CT molecular complexity index is 878. The predicted octanol–water partition coefficient (Wildman–Crippen LogP) is 4.49. The highest BCUT2D eigenvalue weighted by molar-refractivity contribution is 6.31. The molecule has 0 aliphatic heterocycles. The summed E-state index contributed by atoms with van der Waals surface area (Å²) in [5.74, 6) is -0.0928. The Morgan fingerprint density at radius 3 is 2.78 bits per heavy atom. The highest BCUT2D eigenvalue weighted by atomic mass is 35.5. The highest BCUT2D eigenvalue weighted by Crippen LogP contribution is 2.21. The van der Waals surface area contributed by atoms with Crippen LogP contribution in [0.5, 0.6) is 0 Å². The third kappa shape index (κ3) is 3.12. The first-order valence-corrected chi connectivity index (χ1v) is 7.44. The third-order valence-corrected chi connectivity index (χ3v) is 3.66. The minimum absolute atomic E-state index is 0.0522. The number of carbonyl (C=O) groups is 1. The summed E-state index contributed by atoms with van der Waals surface area (Å²) in [5, 5.41) is 5.25. The van der Waals surface area contributed by atoms with Gasteiger partial charge >= 0.3 is 6.03 Å². The van der Waals surface area contributed by atoms with E-state index in [4.69, 9.17) is 11.6 Å². The van der Waals surface area contributed by atoms with E-state index in [9.17, 15) is 9.18 Å². The van der Waals surface area contributed by atoms with Gasteiger partial charge in [0.05, 0.1) is 16.1 Å². The van der Waals surface area contributed by atoms with Gasteiger partial charge in [0.15, 0.2) is 0 Å². The number of imidazole rings is 1. The SMILES string of the molecule is CCn1c(NC(=O)Nc2ccc(F)c(Cl)c2)nc2ccccc21. The lowest BCUT2D eigenvalue weighted by Crippen LogP contribution is -2.21. The van der Waals surface area contributed by atoms with Gasteiger partial charge in [0.25, 0.3) is 0 Å². The minimum Gasteiger partial charge on any atom is -0.310 e. The van der Waals surface area contributed by atoms with E-state index in [1.165, 1.54) is 18.2 Å². The standard InChI is InChI=1S/C16H14ClFN4O/c1-2-22-14-6-4-3-5-13(14)20-15(22)21-16(23)19-10-7-8-12(18)11(17)9-10/h3-9H,2H2,1H3,(H2,19,20,21,23). The summed E-state index contributed by atoms with van der Waals surface area (Å²) < 4.78 is 15.0. The zero-order valence-electron chi connectivity index (χ0n) is 12.3. The number of amides is 2. The van der Waals surface area contributed by atoms with E-state index in [1.54, 1.807) is 0 Å². The molecule has 0 unspecified atom stereocenters. The molecular weight excluding hydrogens is 319 g/mol. The van der Waals surface area contributed by atoms with Crippen molar-refractivity contribution in [1.82, 2.24) is 9.55 Å². The van der Waals surface area contributed by atoms with Crippen LogP contribution in [0, 0.1) is 5.82 Å². The molecule has 2 N–H and O–H groups in total. The van der Waals surface area contributed by atoms with E-state index in [1.807, 2.05) is 35.8 Å². The normalized spacial score (nSPS) is 10.7. The summed E-state index contributed by atoms with van der Waals surface area (Å²) in [6, 6.07) is 11.1. The average molecular weight is 333 g/mol. The maximum atomic E-state index is 13.1. The Hall–Kier alpha value is -2.60. The van der Waals surface area contributed by atoms with Crippen LogP contribution in [0.25, 0.3) is 11.0 Å². The molecule has 2 aromatic carbocycles. The van der Waals surface area contributed by atoms with E-state index < -0.39 is 11.8 Å². The quantitative estimate of drug-likeness (QED) is 0.742. The number of para-hydroxylation sites is 2. The number of benzene rings is 2. The van der Waals surface area contributed by atoms with Crippen molar-refractivity contribution in [3.8, 4) is 0 Å². The molecule has 3 rings (SSSR count). The summed E-state index contributed by atoms with van der Waals surface area (Å²) in [6.45, 7) is 2.63. The first-order chi connectivity index (χ1) is 11.1. The van der Waals surface area contributed by atoms with Crippen LogP contribution in [-0.4, -0.2) is 15.6 Å². The number of rotatable bonds is 3. The van der Waals surface area contributed by atoms with Crippen LogP contribution in [0.4, 0.5) is 20.8 Å². The van der Waals surface area contributed by atoms with Gasteiger partial charge in [0.2, 0.25) is 5.95 Å². The molecule has 7 heteroatoms. The van der Waals surface area contributed by atoms with Gasteiger partial charge in [-0.2, -0.15) is 0 Å². The second kappa shape index (κ2) is 6.26. The number of halogens is 2. The van der Waals surface area contributed by atoms with Crippen LogP contribution < -0.4 is 10.6 Å². The number of aryl methyl sites for hydroxylation is 1. The lowest BCUT2D eigenvalue weighted by atomic mass is 10.3. The molecule has 0 saturated carbocycles. The lowest BCUT2D eigenvalue weighted by Gasteiger charge is -2.09. The van der Waals surface area contributed by atoms with Crippen molar-refractivity contribution >= 4 is 40.3 Å². The van der Waals surface area contributed by atoms with Crippen molar-refractivity contribution in [1.29, 1.82) is 0 Å². The summed E-state index contributed by atoms with van der Waals surface area (Å²) in [7, 11) is 0. The maximum absolute atomic E-state index is 13.1. The molecule has 0 bridgehead atoms. The molecule has 0 radical (unpaired) electrons. The zero-order valence-corrected chi connectivity index (χ0v) is 13.1. The van der Waals surface area contributed by atoms with Gasteiger partial charge in [-0.3, -0.25) is 5.32 Å². The molecule has 0 saturated heterocycles. The molecule has 1 aromatic heterocycles. The van der Waals surface area contributed by atoms with E-state index >= 15 is 0 Å². The van der Waals surface area contributed by atoms with Gasteiger partial charge in [0, 0.05) is 12.2 Å². The van der Waals surface area contributed by atoms with Crippen LogP contribution in [0.15, 0.2) is 42.5 Å². The van der Waals surface area contributed by atoms with Gasteiger partial charge in [-0.05, 0) is 37.3 Å². The van der Waals surface area contributed by atoms with Gasteiger partial charge in [-0.15, -0.1) is 0 Å². The highest BCUT2D eigenvalue weighted by Gasteiger charge is 2.12. The number of nitrogens with zero attached hydrogens (tertiary/aromatic N) is 2. The van der Waals surface area contributed by atoms with Crippen molar-refractivity contribution in [2.24, 2.45) is 0 Å². The first kappa shape index (κ1) is 15.3. The third-order valence-electron chi connectivity index (χ3n) is 3.37. The number of anilines is 2. The van der Waals surface area contributed by atoms with Gasteiger partial charge in [-0.25, -0.2) is 14.2 Å². The summed E-state index contributed by atoms with van der Waals surface area (Å²) >= 11 is 5.70. The number of hydrogen-bond acceptors (Lipinski definition) is 2. The molecule has 5 nitrogen and oxygen atoms in total. The molecular formula is C16H14ClFN4O. The van der Waals surface area contributed by atoms with Crippen LogP contribution in [-0.2, 0) is 6.54 Å². The summed E-state index contributed by atoms with van der Waals surface area (Å²) in [5.41, 5.74) is 2.14. The first-order valence-electron chi connectivity index (χ1n) is 7.07. The smallest absolute Gasteiger partial charge is 0.310 e. The van der Waals surface area contributed by atoms with Crippen LogP contribution >= 0.6 is 11.6 Å². The van der Waals surface area contributed by atoms with Gasteiger partial charge < -0.3 is 9.88 Å². The van der Waals surface area contributed by atoms with Crippen molar-refractivity contribution in [3.63, 3.8) is 0 Å². The number of fused-ring (bicyclic) bond motifs is 1. The lowest BCUT2D eigenvalue weighted by molar-refractivity contribution is 0.262. The number of nitrogens with one attached hydrogen (secondary N) is 2. The zero-order chi connectivity index (χ0) is 16.4. The minimum atomic E-state index is -0.537. The fourth-order valence-corrected chi connectivity index (χ4v) is 2.51. The van der Waals surface area contributed by atoms with E-state index in [0.717, 1.165) is 11.0 Å². The Kier molecular flexibility index (Phi) is 4.16. The molecule has 2 amide bonds. The number of urea groups is 1. The van der Waals surface area contributed by atoms with Crippen molar-refractivity contribution in [2.75, 3.05) is 10.6 Å². The molecule has 3 aromatic rings. The topological polar surface area (TPSA) is 59.0 Å². The van der Waals surface area contributed by atoms with E-state index in [0.29, 0.717) is 18.2 Å². The van der Waals surface area contributed by atoms with Crippen LogP contribution in [0.1, 0.15) is 6.92 Å². The predicted molar refractivity (Wildman–Crippen MR) is 89.5 cm³/mol. The van der Waals surface area contributed by atoms with Crippen molar-refractivity contribution < 1.29 is 9.18 Å². The van der Waals surface area contributed by atoms with E-state index in [-0.39, 0.29) is 5.02 Å². The molecule has 0 aliphatic carbocycles. The fraction of sp³-hybridized carbons (Fsp3) is 0.125. The second-order valence-electron chi connectivity index (χ2n) is 4.88. The number of carbonyl (C=O) groups excluding carboxylic acids is 1. The van der Waals surface area contributed by atoms with Crippen molar-refractivity contribution in [3.05, 3.63) is 53.3 Å². The molecule has 118 valence electrons. The Morgan fingerprint density at radius 1 is 1.26 bits per heavy atom. The summed E-state index contributed by atoms with van der Waals surface area (Å²) in [4.78, 5) is 16.5. The summed E-state index contributed by atoms with van der Waals surface area (Å²) in [6.07, 6.45) is 0. The van der Waals surface area contributed by atoms with Gasteiger partial charge in [0.1, 0.15) is 5.82 Å². The number of aromatic nitrogens is 2. The Labute approximate surface area is 137 Å².